The number of ketones is 1. The first-order valence-corrected chi connectivity index (χ1v) is 5.54. The van der Waals surface area contributed by atoms with Crippen molar-refractivity contribution in [1.29, 1.82) is 0 Å². The summed E-state index contributed by atoms with van der Waals surface area (Å²) in [4.78, 5) is 11.3. The van der Waals surface area contributed by atoms with E-state index in [1.807, 2.05) is 6.92 Å². The molecular weight excluding hydrogens is 218 g/mol. The van der Waals surface area contributed by atoms with Gasteiger partial charge >= 0.3 is 0 Å². The Kier molecular flexibility index (Phi) is 4.27. The molecule has 0 heterocycles. The molecule has 1 atom stereocenters. The first-order chi connectivity index (χ1) is 7.04. The van der Waals surface area contributed by atoms with Crippen LogP contribution in [0.2, 0.25) is 0 Å². The van der Waals surface area contributed by atoms with E-state index in [0.29, 0.717) is 6.42 Å². The van der Waals surface area contributed by atoms with Crippen LogP contribution >= 0.6 is 11.8 Å². The van der Waals surface area contributed by atoms with Gasteiger partial charge in [0.2, 0.25) is 0 Å². The van der Waals surface area contributed by atoms with Crippen molar-refractivity contribution in [3.8, 4) is 0 Å². The molecular formula is C11H12F2OS. The number of Topliss-reactive ketones (excluding diaryl/α,β-unsaturated/α-hetero) is 1. The average molecular weight is 230 g/mol. The van der Waals surface area contributed by atoms with Gasteiger partial charge in [0.1, 0.15) is 17.4 Å². The minimum atomic E-state index is -0.489. The molecule has 0 saturated carbocycles. The standard InChI is InChI=1S/C11H12F2OS/c1-3-10(7(2)14)15-11-6-8(12)4-5-9(11)13/h4-6,10H,3H2,1-2H3. The monoisotopic (exact) mass is 230 g/mol. The lowest BCUT2D eigenvalue weighted by molar-refractivity contribution is -0.116. The first-order valence-electron chi connectivity index (χ1n) is 4.66. The van der Waals surface area contributed by atoms with Gasteiger partial charge in [-0.1, -0.05) is 6.92 Å². The zero-order valence-electron chi connectivity index (χ0n) is 8.59. The summed E-state index contributed by atoms with van der Waals surface area (Å²) >= 11 is 1.07. The van der Waals surface area contributed by atoms with Crippen LogP contribution in [0.4, 0.5) is 8.78 Å². The summed E-state index contributed by atoms with van der Waals surface area (Å²) in [6.07, 6.45) is 0.607. The highest BCUT2D eigenvalue weighted by Crippen LogP contribution is 2.28. The van der Waals surface area contributed by atoms with E-state index in [-0.39, 0.29) is 15.9 Å². The van der Waals surface area contributed by atoms with E-state index in [2.05, 4.69) is 0 Å². The van der Waals surface area contributed by atoms with Gasteiger partial charge in [-0.05, 0) is 31.5 Å². The third-order valence-electron chi connectivity index (χ3n) is 1.99. The average Bonchev–Trinajstić information content (AvgIpc) is 2.18. The molecule has 0 fully saturated rings. The molecule has 0 aliphatic carbocycles. The van der Waals surface area contributed by atoms with Crippen LogP contribution in [0.3, 0.4) is 0 Å². The fourth-order valence-electron chi connectivity index (χ4n) is 1.17. The molecule has 0 radical (unpaired) electrons. The van der Waals surface area contributed by atoms with Crippen LogP contribution < -0.4 is 0 Å². The Morgan fingerprint density at radius 3 is 2.67 bits per heavy atom. The Bertz CT molecular complexity index is 366. The van der Waals surface area contributed by atoms with Gasteiger partial charge in [0, 0.05) is 4.90 Å². The van der Waals surface area contributed by atoms with Crippen LogP contribution in [0, 0.1) is 11.6 Å². The van der Waals surface area contributed by atoms with Crippen LogP contribution in [-0.4, -0.2) is 11.0 Å². The third kappa shape index (κ3) is 3.30. The zero-order valence-corrected chi connectivity index (χ0v) is 9.41. The quantitative estimate of drug-likeness (QED) is 0.737. The number of benzene rings is 1. The number of hydrogen-bond donors (Lipinski definition) is 0. The summed E-state index contributed by atoms with van der Waals surface area (Å²) in [5.41, 5.74) is 0. The van der Waals surface area contributed by atoms with Gasteiger partial charge in [-0.25, -0.2) is 8.78 Å². The van der Waals surface area contributed by atoms with Crippen molar-refractivity contribution in [3.63, 3.8) is 0 Å². The highest BCUT2D eigenvalue weighted by atomic mass is 32.2. The molecule has 1 aromatic carbocycles. The zero-order chi connectivity index (χ0) is 11.4. The molecule has 1 unspecified atom stereocenters. The molecule has 0 aliphatic heterocycles. The summed E-state index contributed by atoms with van der Waals surface area (Å²) in [5, 5.41) is -0.304. The van der Waals surface area contributed by atoms with E-state index in [4.69, 9.17) is 0 Å². The van der Waals surface area contributed by atoms with Gasteiger partial charge in [0.15, 0.2) is 0 Å². The van der Waals surface area contributed by atoms with Crippen molar-refractivity contribution in [2.45, 2.75) is 30.4 Å². The number of hydrogen-bond acceptors (Lipinski definition) is 2. The molecule has 1 rings (SSSR count). The Morgan fingerprint density at radius 2 is 2.13 bits per heavy atom. The summed E-state index contributed by atoms with van der Waals surface area (Å²) in [6.45, 7) is 3.30. The van der Waals surface area contributed by atoms with Crippen molar-refractivity contribution in [3.05, 3.63) is 29.8 Å². The van der Waals surface area contributed by atoms with Crippen molar-refractivity contribution in [2.75, 3.05) is 0 Å². The Balaban J connectivity index is 2.87. The van der Waals surface area contributed by atoms with Gasteiger partial charge in [0.05, 0.1) is 5.25 Å². The number of carbonyl (C=O) groups excluding carboxylic acids is 1. The van der Waals surface area contributed by atoms with E-state index < -0.39 is 11.6 Å². The maximum atomic E-state index is 13.2. The molecule has 1 nitrogen and oxygen atoms in total. The highest BCUT2D eigenvalue weighted by molar-refractivity contribution is 8.00. The molecule has 1 aromatic rings. The third-order valence-corrected chi connectivity index (χ3v) is 3.50. The van der Waals surface area contributed by atoms with Crippen molar-refractivity contribution in [1.82, 2.24) is 0 Å². The van der Waals surface area contributed by atoms with E-state index in [1.165, 1.54) is 6.92 Å². The second-order valence-corrected chi connectivity index (χ2v) is 4.44. The minimum Gasteiger partial charge on any atom is -0.299 e. The predicted molar refractivity (Wildman–Crippen MR) is 57.0 cm³/mol. The lowest BCUT2D eigenvalue weighted by atomic mass is 10.2. The van der Waals surface area contributed by atoms with Crippen molar-refractivity contribution in [2.24, 2.45) is 0 Å². The van der Waals surface area contributed by atoms with Gasteiger partial charge in [-0.2, -0.15) is 0 Å². The van der Waals surface area contributed by atoms with Crippen molar-refractivity contribution >= 4 is 17.5 Å². The lowest BCUT2D eigenvalue weighted by Crippen LogP contribution is -2.12. The van der Waals surface area contributed by atoms with Gasteiger partial charge in [0.25, 0.3) is 0 Å². The van der Waals surface area contributed by atoms with E-state index in [9.17, 15) is 13.6 Å². The topological polar surface area (TPSA) is 17.1 Å². The second-order valence-electron chi connectivity index (χ2n) is 3.20. The summed E-state index contributed by atoms with van der Waals surface area (Å²) in [7, 11) is 0. The maximum absolute atomic E-state index is 13.2. The largest absolute Gasteiger partial charge is 0.299 e. The molecule has 0 spiro atoms. The number of thioether (sulfide) groups is 1. The minimum absolute atomic E-state index is 0.0221. The van der Waals surface area contributed by atoms with E-state index >= 15 is 0 Å². The van der Waals surface area contributed by atoms with Gasteiger partial charge in [-0.15, -0.1) is 11.8 Å². The van der Waals surface area contributed by atoms with Crippen LogP contribution in [-0.2, 0) is 4.79 Å². The molecule has 0 bridgehead atoms. The molecule has 82 valence electrons. The molecule has 0 aliphatic rings. The van der Waals surface area contributed by atoms with Gasteiger partial charge in [-0.3, -0.25) is 4.79 Å². The fraction of sp³-hybridized carbons (Fsp3) is 0.364. The Labute approximate surface area is 91.9 Å². The van der Waals surface area contributed by atoms with Crippen LogP contribution in [0.25, 0.3) is 0 Å². The molecule has 0 aromatic heterocycles. The van der Waals surface area contributed by atoms with Crippen LogP contribution in [0.1, 0.15) is 20.3 Å². The van der Waals surface area contributed by atoms with Gasteiger partial charge < -0.3 is 0 Å². The van der Waals surface area contributed by atoms with Crippen LogP contribution in [0.5, 0.6) is 0 Å². The normalized spacial score (nSPS) is 12.5. The van der Waals surface area contributed by atoms with Crippen LogP contribution in [0.15, 0.2) is 23.1 Å². The summed E-state index contributed by atoms with van der Waals surface area (Å²) < 4.78 is 26.1. The summed E-state index contributed by atoms with van der Waals surface area (Å²) in [6, 6.07) is 3.25. The molecule has 0 N–H and O–H groups in total. The van der Waals surface area contributed by atoms with Crippen molar-refractivity contribution < 1.29 is 13.6 Å². The Hall–Kier alpha value is -0.900. The Morgan fingerprint density at radius 1 is 1.47 bits per heavy atom. The number of carbonyl (C=O) groups is 1. The molecule has 0 saturated heterocycles. The summed E-state index contributed by atoms with van der Waals surface area (Å²) in [5.74, 6) is -0.996. The number of rotatable bonds is 4. The SMILES string of the molecule is CCC(Sc1cc(F)ccc1F)C(C)=O. The maximum Gasteiger partial charge on any atom is 0.143 e. The first kappa shape index (κ1) is 12.2. The molecule has 4 heteroatoms. The smallest absolute Gasteiger partial charge is 0.143 e. The van der Waals surface area contributed by atoms with E-state index in [1.54, 1.807) is 0 Å². The number of halogens is 2. The lowest BCUT2D eigenvalue weighted by Gasteiger charge is -2.11. The second kappa shape index (κ2) is 5.26. The molecule has 15 heavy (non-hydrogen) atoms. The van der Waals surface area contributed by atoms with E-state index in [0.717, 1.165) is 30.0 Å². The fourth-order valence-corrected chi connectivity index (χ4v) is 2.17. The molecule has 0 amide bonds. The predicted octanol–water partition coefficient (Wildman–Crippen LogP) is 3.42. The highest BCUT2D eigenvalue weighted by Gasteiger charge is 2.16.